The fraction of sp³-hybridized carbons (Fsp3) is 0.611. The van der Waals surface area contributed by atoms with E-state index in [1.807, 2.05) is 0 Å². The van der Waals surface area contributed by atoms with Crippen molar-refractivity contribution in [1.29, 1.82) is 0 Å². The number of halogens is 1. The van der Waals surface area contributed by atoms with Gasteiger partial charge in [-0.15, -0.1) is 12.4 Å². The Bertz CT molecular complexity index is 737. The van der Waals surface area contributed by atoms with Gasteiger partial charge in [-0.25, -0.2) is 8.42 Å². The maximum Gasteiger partial charge on any atom is 0.243 e. The molecule has 1 aliphatic heterocycles. The van der Waals surface area contributed by atoms with Gasteiger partial charge in [-0.2, -0.15) is 4.31 Å². The van der Waals surface area contributed by atoms with Crippen LogP contribution < -0.4 is 16.4 Å². The summed E-state index contributed by atoms with van der Waals surface area (Å²) in [7, 11) is -3.63. The van der Waals surface area contributed by atoms with E-state index in [9.17, 15) is 13.2 Å². The van der Waals surface area contributed by atoms with Crippen LogP contribution in [-0.2, 0) is 19.6 Å². The second kappa shape index (κ2) is 11.6. The highest BCUT2D eigenvalue weighted by Gasteiger charge is 2.27. The first-order valence-electron chi connectivity index (χ1n) is 9.30. The van der Waals surface area contributed by atoms with E-state index in [1.54, 1.807) is 12.1 Å². The second-order valence-corrected chi connectivity index (χ2v) is 8.88. The summed E-state index contributed by atoms with van der Waals surface area (Å²) in [6.07, 6.45) is 0.868. The minimum Gasteiger partial charge on any atom is -0.383 e. The van der Waals surface area contributed by atoms with Crippen LogP contribution in [0.4, 0.5) is 11.4 Å². The first-order chi connectivity index (χ1) is 12.8. The number of amides is 1. The standard InChI is InChI=1S/C18H30N4O4S.ClH/c1-14(2)13-20-16-6-5-15(12-17(16)21-18(23)4-3-7-19)27(24,25)22-8-10-26-11-9-22;/h5-6,12,14,20H,3-4,7-11,13,19H2,1-2H3,(H,21,23);1H. The molecule has 0 unspecified atom stereocenters. The predicted octanol–water partition coefficient (Wildman–Crippen LogP) is 1.87. The number of nitrogens with two attached hydrogens (primary N) is 1. The van der Waals surface area contributed by atoms with Crippen LogP contribution in [0.25, 0.3) is 0 Å². The number of rotatable bonds is 9. The lowest BCUT2D eigenvalue weighted by molar-refractivity contribution is -0.116. The molecule has 0 aliphatic carbocycles. The third-order valence-electron chi connectivity index (χ3n) is 4.18. The van der Waals surface area contributed by atoms with Gasteiger partial charge in [-0.1, -0.05) is 13.8 Å². The van der Waals surface area contributed by atoms with E-state index < -0.39 is 10.0 Å². The number of hydrogen-bond donors (Lipinski definition) is 3. The first kappa shape index (κ1) is 24.6. The molecule has 8 nitrogen and oxygen atoms in total. The quantitative estimate of drug-likeness (QED) is 0.546. The average Bonchev–Trinajstić information content (AvgIpc) is 2.65. The van der Waals surface area contributed by atoms with E-state index in [0.717, 1.165) is 0 Å². The number of anilines is 2. The zero-order valence-corrected chi connectivity index (χ0v) is 18.1. The van der Waals surface area contributed by atoms with Gasteiger partial charge < -0.3 is 21.1 Å². The molecule has 1 heterocycles. The fourth-order valence-corrected chi connectivity index (χ4v) is 4.10. The number of nitrogens with one attached hydrogen (secondary N) is 2. The molecule has 1 saturated heterocycles. The van der Waals surface area contributed by atoms with Gasteiger partial charge in [-0.3, -0.25) is 4.79 Å². The molecule has 0 aromatic heterocycles. The van der Waals surface area contributed by atoms with Crippen LogP contribution in [0.5, 0.6) is 0 Å². The van der Waals surface area contributed by atoms with Crippen LogP contribution in [0.1, 0.15) is 26.7 Å². The molecule has 28 heavy (non-hydrogen) atoms. The van der Waals surface area contributed by atoms with Gasteiger partial charge in [-0.05, 0) is 37.1 Å². The van der Waals surface area contributed by atoms with Crippen LogP contribution in [0.2, 0.25) is 0 Å². The summed E-state index contributed by atoms with van der Waals surface area (Å²) in [6.45, 7) is 6.71. The molecule has 4 N–H and O–H groups in total. The Morgan fingerprint density at radius 3 is 2.54 bits per heavy atom. The van der Waals surface area contributed by atoms with Crippen molar-refractivity contribution in [2.24, 2.45) is 11.7 Å². The molecule has 1 amide bonds. The summed E-state index contributed by atoms with van der Waals surface area (Å²) < 4.78 is 32.4. The summed E-state index contributed by atoms with van der Waals surface area (Å²) in [5, 5.41) is 6.08. The van der Waals surface area contributed by atoms with Gasteiger partial charge >= 0.3 is 0 Å². The predicted molar refractivity (Wildman–Crippen MR) is 114 cm³/mol. The third kappa shape index (κ3) is 6.89. The van der Waals surface area contributed by atoms with Crippen molar-refractivity contribution in [3.63, 3.8) is 0 Å². The highest BCUT2D eigenvalue weighted by atomic mass is 35.5. The molecule has 1 aromatic rings. The summed E-state index contributed by atoms with van der Waals surface area (Å²) in [5.74, 6) is 0.219. The molecular formula is C18H31ClN4O4S. The van der Waals surface area contributed by atoms with Crippen LogP contribution in [0.3, 0.4) is 0 Å². The maximum atomic E-state index is 12.9. The molecule has 2 rings (SSSR count). The Hall–Kier alpha value is -1.39. The topological polar surface area (TPSA) is 114 Å². The molecular weight excluding hydrogens is 404 g/mol. The van der Waals surface area contributed by atoms with Gasteiger partial charge in [0.25, 0.3) is 0 Å². The number of hydrogen-bond acceptors (Lipinski definition) is 6. The normalized spacial score (nSPS) is 15.1. The van der Waals surface area contributed by atoms with E-state index in [-0.39, 0.29) is 23.2 Å². The zero-order valence-electron chi connectivity index (χ0n) is 16.4. The summed E-state index contributed by atoms with van der Waals surface area (Å²) >= 11 is 0. The Balaban J connectivity index is 0.00000392. The molecule has 0 radical (unpaired) electrons. The van der Waals surface area contributed by atoms with E-state index in [0.29, 0.717) is 69.5 Å². The third-order valence-corrected chi connectivity index (χ3v) is 6.08. The molecule has 1 aromatic carbocycles. The van der Waals surface area contributed by atoms with Crippen molar-refractivity contribution in [1.82, 2.24) is 4.31 Å². The summed E-state index contributed by atoms with van der Waals surface area (Å²) in [6, 6.07) is 4.80. The minimum absolute atomic E-state index is 0. The monoisotopic (exact) mass is 434 g/mol. The summed E-state index contributed by atoms with van der Waals surface area (Å²) in [4.78, 5) is 12.3. The molecule has 10 heteroatoms. The van der Waals surface area contributed by atoms with Crippen molar-refractivity contribution in [2.75, 3.05) is 50.0 Å². The zero-order chi connectivity index (χ0) is 19.9. The number of nitrogens with zero attached hydrogens (tertiary/aromatic N) is 1. The Morgan fingerprint density at radius 1 is 1.25 bits per heavy atom. The number of sulfonamides is 1. The van der Waals surface area contributed by atoms with Gasteiger partial charge in [0.1, 0.15) is 0 Å². The van der Waals surface area contributed by atoms with Gasteiger partial charge in [0.15, 0.2) is 0 Å². The molecule has 0 spiro atoms. The molecule has 0 atom stereocenters. The molecule has 160 valence electrons. The molecule has 1 aliphatic rings. The highest BCUT2D eigenvalue weighted by molar-refractivity contribution is 7.89. The Morgan fingerprint density at radius 2 is 1.93 bits per heavy atom. The van der Waals surface area contributed by atoms with Crippen molar-refractivity contribution in [3.05, 3.63) is 18.2 Å². The maximum absolute atomic E-state index is 12.9. The largest absolute Gasteiger partial charge is 0.383 e. The Labute approximate surface area is 173 Å². The number of carbonyl (C=O) groups excluding carboxylic acids is 1. The SMILES string of the molecule is CC(C)CNc1ccc(S(=O)(=O)N2CCOCC2)cc1NC(=O)CCCN.Cl. The van der Waals surface area contributed by atoms with Crippen LogP contribution in [-0.4, -0.2) is 58.0 Å². The minimum atomic E-state index is -3.63. The first-order valence-corrected chi connectivity index (χ1v) is 10.7. The lowest BCUT2D eigenvalue weighted by atomic mass is 10.2. The molecule has 0 bridgehead atoms. The average molecular weight is 435 g/mol. The number of carbonyl (C=O) groups is 1. The molecule has 1 fully saturated rings. The van der Waals surface area contributed by atoms with Crippen LogP contribution in [0.15, 0.2) is 23.1 Å². The van der Waals surface area contributed by atoms with Crippen molar-refractivity contribution >= 4 is 39.7 Å². The number of benzene rings is 1. The second-order valence-electron chi connectivity index (χ2n) is 6.94. The van der Waals surface area contributed by atoms with Gasteiger partial charge in [0, 0.05) is 26.1 Å². The lowest BCUT2D eigenvalue weighted by Crippen LogP contribution is -2.40. The summed E-state index contributed by atoms with van der Waals surface area (Å²) in [5.41, 5.74) is 6.62. The van der Waals surface area contributed by atoms with Gasteiger partial charge in [0.2, 0.25) is 15.9 Å². The number of ether oxygens (including phenoxy) is 1. The molecule has 0 saturated carbocycles. The fourth-order valence-electron chi connectivity index (χ4n) is 2.67. The van der Waals surface area contributed by atoms with E-state index in [4.69, 9.17) is 10.5 Å². The lowest BCUT2D eigenvalue weighted by Gasteiger charge is -2.26. The van der Waals surface area contributed by atoms with Crippen molar-refractivity contribution in [3.8, 4) is 0 Å². The van der Waals surface area contributed by atoms with Gasteiger partial charge in [0.05, 0.1) is 29.5 Å². The van der Waals surface area contributed by atoms with E-state index in [1.165, 1.54) is 10.4 Å². The van der Waals surface area contributed by atoms with Crippen molar-refractivity contribution in [2.45, 2.75) is 31.6 Å². The van der Waals surface area contributed by atoms with Crippen LogP contribution >= 0.6 is 12.4 Å². The highest BCUT2D eigenvalue weighted by Crippen LogP contribution is 2.28. The number of morpholine rings is 1. The smallest absolute Gasteiger partial charge is 0.243 e. The van der Waals surface area contributed by atoms with E-state index in [2.05, 4.69) is 24.5 Å². The van der Waals surface area contributed by atoms with Crippen molar-refractivity contribution < 1.29 is 17.9 Å². The van der Waals surface area contributed by atoms with Crippen LogP contribution in [0, 0.1) is 5.92 Å². The Kier molecular flexibility index (Phi) is 10.2. The van der Waals surface area contributed by atoms with E-state index >= 15 is 0 Å².